The van der Waals surface area contributed by atoms with Gasteiger partial charge in [0.05, 0.1) is 12.7 Å². The molecule has 27 heavy (non-hydrogen) atoms. The third kappa shape index (κ3) is 3.62. The Morgan fingerprint density at radius 2 is 2.22 bits per heavy atom. The Morgan fingerprint density at radius 1 is 1.33 bits per heavy atom. The molecule has 1 aromatic carbocycles. The van der Waals surface area contributed by atoms with Crippen molar-refractivity contribution in [2.24, 2.45) is 0 Å². The van der Waals surface area contributed by atoms with Crippen molar-refractivity contribution in [2.45, 2.75) is 38.3 Å². The van der Waals surface area contributed by atoms with Gasteiger partial charge in [0.2, 0.25) is 0 Å². The predicted octanol–water partition coefficient (Wildman–Crippen LogP) is 2.65. The molecule has 6 nitrogen and oxygen atoms in total. The van der Waals surface area contributed by atoms with Crippen LogP contribution in [0.5, 0.6) is 5.75 Å². The molecule has 0 aliphatic carbocycles. The third-order valence-electron chi connectivity index (χ3n) is 5.39. The average Bonchev–Trinajstić information content (AvgIpc) is 3.03. The molecule has 0 bridgehead atoms. The highest BCUT2D eigenvalue weighted by atomic mass is 16.5. The summed E-state index contributed by atoms with van der Waals surface area (Å²) >= 11 is 0. The van der Waals surface area contributed by atoms with Crippen LogP contribution in [-0.2, 0) is 6.42 Å². The summed E-state index contributed by atoms with van der Waals surface area (Å²) in [5.74, 6) is 1.68. The van der Waals surface area contributed by atoms with Crippen LogP contribution in [0.1, 0.15) is 35.7 Å². The summed E-state index contributed by atoms with van der Waals surface area (Å²) in [6.45, 7) is 4.05. The monoisotopic (exact) mass is 366 g/mol. The molecule has 6 heteroatoms. The highest BCUT2D eigenvalue weighted by Gasteiger charge is 2.28. The van der Waals surface area contributed by atoms with Crippen LogP contribution < -0.4 is 20.3 Å². The van der Waals surface area contributed by atoms with Gasteiger partial charge in [0.15, 0.2) is 0 Å². The number of aromatic nitrogens is 1. The van der Waals surface area contributed by atoms with E-state index in [9.17, 15) is 4.79 Å². The van der Waals surface area contributed by atoms with Gasteiger partial charge in [-0.25, -0.2) is 4.98 Å². The number of hydrogen-bond acceptors (Lipinski definition) is 5. The number of amides is 1. The maximum absolute atomic E-state index is 12.5. The number of piperidine rings is 1. The van der Waals surface area contributed by atoms with Crippen LogP contribution in [0.4, 0.5) is 11.5 Å². The van der Waals surface area contributed by atoms with Crippen molar-refractivity contribution in [3.05, 3.63) is 47.7 Å². The number of fused-ring (bicyclic) bond motifs is 1. The standard InChI is InChI=1S/C21H26N4O2/c1-14-10-16-11-18(27-2)6-7-19(16)25(14)20-8-5-15(12-23-20)21(26)24-17-4-3-9-22-13-17/h5-8,11-12,14,17,22H,3-4,9-10,13H2,1-2H3,(H,24,26). The maximum Gasteiger partial charge on any atom is 0.253 e. The van der Waals surface area contributed by atoms with E-state index in [0.717, 1.165) is 49.6 Å². The number of hydrogen-bond donors (Lipinski definition) is 2. The minimum atomic E-state index is -0.0534. The van der Waals surface area contributed by atoms with E-state index >= 15 is 0 Å². The predicted molar refractivity (Wildman–Crippen MR) is 106 cm³/mol. The molecular weight excluding hydrogens is 340 g/mol. The van der Waals surface area contributed by atoms with Crippen molar-refractivity contribution >= 4 is 17.4 Å². The molecule has 3 heterocycles. The number of rotatable bonds is 4. The molecule has 2 aliphatic heterocycles. The molecule has 2 aromatic rings. The van der Waals surface area contributed by atoms with Gasteiger partial charge in [-0.3, -0.25) is 4.79 Å². The van der Waals surface area contributed by atoms with Gasteiger partial charge in [0.25, 0.3) is 5.91 Å². The summed E-state index contributed by atoms with van der Waals surface area (Å²) in [5.41, 5.74) is 3.02. The molecule has 1 aromatic heterocycles. The van der Waals surface area contributed by atoms with E-state index in [-0.39, 0.29) is 11.9 Å². The van der Waals surface area contributed by atoms with Crippen molar-refractivity contribution in [3.8, 4) is 5.75 Å². The Morgan fingerprint density at radius 3 is 2.93 bits per heavy atom. The lowest BCUT2D eigenvalue weighted by atomic mass is 10.1. The summed E-state index contributed by atoms with van der Waals surface area (Å²) in [4.78, 5) is 19.3. The smallest absolute Gasteiger partial charge is 0.253 e. The zero-order valence-corrected chi connectivity index (χ0v) is 15.9. The van der Waals surface area contributed by atoms with Crippen molar-refractivity contribution in [1.29, 1.82) is 0 Å². The lowest BCUT2D eigenvalue weighted by molar-refractivity contribution is 0.0930. The van der Waals surface area contributed by atoms with Crippen molar-refractivity contribution < 1.29 is 9.53 Å². The van der Waals surface area contributed by atoms with Crippen LogP contribution in [0, 0.1) is 0 Å². The van der Waals surface area contributed by atoms with Crippen molar-refractivity contribution in [1.82, 2.24) is 15.6 Å². The highest BCUT2D eigenvalue weighted by Crippen LogP contribution is 2.39. The SMILES string of the molecule is COc1ccc2c(c1)CC(C)N2c1ccc(C(=O)NC2CCCNC2)cn1. The largest absolute Gasteiger partial charge is 0.497 e. The number of carbonyl (C=O) groups excluding carboxylic acids is 1. The van der Waals surface area contributed by atoms with E-state index in [1.807, 2.05) is 18.2 Å². The number of nitrogens with zero attached hydrogens (tertiary/aromatic N) is 2. The highest BCUT2D eigenvalue weighted by molar-refractivity contribution is 5.94. The first-order chi connectivity index (χ1) is 13.2. The van der Waals surface area contributed by atoms with Crippen LogP contribution in [-0.4, -0.2) is 43.2 Å². The van der Waals surface area contributed by atoms with Crippen molar-refractivity contribution in [3.63, 3.8) is 0 Å². The third-order valence-corrected chi connectivity index (χ3v) is 5.39. The Labute approximate surface area is 159 Å². The van der Waals surface area contributed by atoms with Gasteiger partial charge in [0.1, 0.15) is 11.6 Å². The van der Waals surface area contributed by atoms with Crippen molar-refractivity contribution in [2.75, 3.05) is 25.1 Å². The molecule has 1 fully saturated rings. The average molecular weight is 366 g/mol. The topological polar surface area (TPSA) is 66.5 Å². The molecule has 1 amide bonds. The van der Waals surface area contributed by atoms with E-state index < -0.39 is 0 Å². The van der Waals surface area contributed by atoms with Crippen LogP contribution in [0.25, 0.3) is 0 Å². The molecule has 0 saturated carbocycles. The summed E-state index contributed by atoms with van der Waals surface area (Å²) in [6, 6.07) is 10.5. The zero-order chi connectivity index (χ0) is 18.8. The summed E-state index contributed by atoms with van der Waals surface area (Å²) in [7, 11) is 1.69. The first kappa shape index (κ1) is 17.8. The minimum absolute atomic E-state index is 0.0534. The number of methoxy groups -OCH3 is 1. The second-order valence-electron chi connectivity index (χ2n) is 7.34. The van der Waals surface area contributed by atoms with Gasteiger partial charge in [-0.2, -0.15) is 0 Å². The van der Waals surface area contributed by atoms with Gasteiger partial charge in [-0.1, -0.05) is 0 Å². The van der Waals surface area contributed by atoms with E-state index in [1.165, 1.54) is 5.56 Å². The second kappa shape index (κ2) is 7.56. The summed E-state index contributed by atoms with van der Waals surface area (Å²) in [6.07, 6.45) is 4.75. The van der Waals surface area contributed by atoms with E-state index in [2.05, 4.69) is 39.6 Å². The lowest BCUT2D eigenvalue weighted by Crippen LogP contribution is -2.45. The number of benzene rings is 1. The summed E-state index contributed by atoms with van der Waals surface area (Å²) < 4.78 is 5.34. The molecule has 2 aliphatic rings. The fraction of sp³-hybridized carbons (Fsp3) is 0.429. The number of carbonyl (C=O) groups is 1. The fourth-order valence-electron chi connectivity index (χ4n) is 3.99. The molecular formula is C21H26N4O2. The van der Waals surface area contributed by atoms with Gasteiger partial charge in [0, 0.05) is 30.5 Å². The first-order valence-corrected chi connectivity index (χ1v) is 9.59. The van der Waals surface area contributed by atoms with Gasteiger partial charge < -0.3 is 20.3 Å². The molecule has 0 spiro atoms. The zero-order valence-electron chi connectivity index (χ0n) is 15.9. The van der Waals surface area contributed by atoms with E-state index in [1.54, 1.807) is 13.3 Å². The second-order valence-corrected chi connectivity index (χ2v) is 7.34. The van der Waals surface area contributed by atoms with Gasteiger partial charge in [-0.05, 0) is 68.6 Å². The molecule has 2 atom stereocenters. The first-order valence-electron chi connectivity index (χ1n) is 9.59. The number of pyridine rings is 1. The van der Waals surface area contributed by atoms with Crippen LogP contribution in [0.15, 0.2) is 36.5 Å². The molecule has 2 N–H and O–H groups in total. The molecule has 2 unspecified atom stereocenters. The fourth-order valence-corrected chi connectivity index (χ4v) is 3.99. The Kier molecular flexibility index (Phi) is 4.99. The van der Waals surface area contributed by atoms with Crippen LogP contribution in [0.3, 0.4) is 0 Å². The Bertz CT molecular complexity index is 815. The molecule has 4 rings (SSSR count). The molecule has 0 radical (unpaired) electrons. The lowest BCUT2D eigenvalue weighted by Gasteiger charge is -2.25. The van der Waals surface area contributed by atoms with E-state index in [4.69, 9.17) is 4.74 Å². The Hall–Kier alpha value is -2.60. The van der Waals surface area contributed by atoms with Crippen LogP contribution in [0.2, 0.25) is 0 Å². The quantitative estimate of drug-likeness (QED) is 0.871. The van der Waals surface area contributed by atoms with E-state index in [0.29, 0.717) is 11.6 Å². The molecule has 142 valence electrons. The number of anilines is 2. The summed E-state index contributed by atoms with van der Waals surface area (Å²) in [5, 5.41) is 6.41. The van der Waals surface area contributed by atoms with Crippen LogP contribution >= 0.6 is 0 Å². The Balaban J connectivity index is 1.50. The van der Waals surface area contributed by atoms with Gasteiger partial charge >= 0.3 is 0 Å². The maximum atomic E-state index is 12.5. The number of nitrogens with one attached hydrogen (secondary N) is 2. The normalized spacial score (nSPS) is 21.6. The minimum Gasteiger partial charge on any atom is -0.497 e. The number of ether oxygens (including phenoxy) is 1. The molecule has 1 saturated heterocycles. The van der Waals surface area contributed by atoms with Gasteiger partial charge in [-0.15, -0.1) is 0 Å².